The minimum absolute atomic E-state index is 0.0245. The molecule has 0 unspecified atom stereocenters. The molecule has 166 valence electrons. The van der Waals surface area contributed by atoms with E-state index >= 15 is 0 Å². The third-order valence-corrected chi connectivity index (χ3v) is 4.92. The molecule has 0 aliphatic carbocycles. The van der Waals surface area contributed by atoms with E-state index in [-0.39, 0.29) is 42.0 Å². The molecule has 1 aromatic rings. The van der Waals surface area contributed by atoms with Crippen LogP contribution in [-0.2, 0) is 23.6 Å². The molecule has 0 bridgehead atoms. The Kier molecular flexibility index (Phi) is 5.68. The first kappa shape index (κ1) is 22.6. The highest BCUT2D eigenvalue weighted by Crippen LogP contribution is 2.45. The lowest BCUT2D eigenvalue weighted by molar-refractivity contribution is -0.142. The zero-order chi connectivity index (χ0) is 22.5. The Morgan fingerprint density at radius 2 is 1.73 bits per heavy atom. The van der Waals surface area contributed by atoms with E-state index in [0.29, 0.717) is 25.2 Å². The van der Waals surface area contributed by atoms with Gasteiger partial charge in [-0.05, 0) is 50.8 Å². The van der Waals surface area contributed by atoms with Crippen molar-refractivity contribution in [2.24, 2.45) is 10.9 Å². The molecule has 0 aromatic heterocycles. The number of fused-ring (bicyclic) bond motifs is 1. The van der Waals surface area contributed by atoms with E-state index in [2.05, 4.69) is 10.3 Å². The quantitative estimate of drug-likeness (QED) is 0.704. The number of halogens is 6. The normalized spacial score (nSPS) is 18.1. The Balaban J connectivity index is 1.64. The van der Waals surface area contributed by atoms with Gasteiger partial charge in [-0.3, -0.25) is 14.7 Å². The van der Waals surface area contributed by atoms with Crippen LogP contribution in [0.15, 0.2) is 17.1 Å². The van der Waals surface area contributed by atoms with Crippen molar-refractivity contribution in [2.75, 3.05) is 19.6 Å². The summed E-state index contributed by atoms with van der Waals surface area (Å²) in [6.07, 6.45) is -9.41. The summed E-state index contributed by atoms with van der Waals surface area (Å²) >= 11 is 0. The monoisotopic (exact) mass is 435 g/mol. The molecule has 1 amide bonds. The summed E-state index contributed by atoms with van der Waals surface area (Å²) in [7, 11) is 0. The molecule has 1 fully saturated rings. The van der Waals surface area contributed by atoms with E-state index in [1.165, 1.54) is 0 Å². The number of nitrogens with zero attached hydrogens (tertiary/aromatic N) is 2. The van der Waals surface area contributed by atoms with Gasteiger partial charge in [0.05, 0.1) is 23.4 Å². The van der Waals surface area contributed by atoms with Crippen molar-refractivity contribution < 1.29 is 31.1 Å². The molecule has 0 saturated carbocycles. The van der Waals surface area contributed by atoms with Crippen LogP contribution in [0.1, 0.15) is 43.9 Å². The molecule has 0 radical (unpaired) electrons. The fourth-order valence-corrected chi connectivity index (χ4v) is 3.81. The number of alkyl halides is 6. The predicted molar refractivity (Wildman–Crippen MR) is 99.7 cm³/mol. The average Bonchev–Trinajstić information content (AvgIpc) is 2.90. The minimum Gasteiger partial charge on any atom is -0.350 e. The topological polar surface area (TPSA) is 44.7 Å². The molecule has 2 heterocycles. The second-order valence-electron chi connectivity index (χ2n) is 8.94. The van der Waals surface area contributed by atoms with Gasteiger partial charge in [-0.1, -0.05) is 0 Å². The number of nitrogens with one attached hydrogen (secondary N) is 1. The maximum absolute atomic E-state index is 13.3. The maximum atomic E-state index is 13.3. The summed E-state index contributed by atoms with van der Waals surface area (Å²) < 4.78 is 78.9. The number of aliphatic imine (C=N–C) groups is 1. The molecule has 3 rings (SSSR count). The number of hydrogen-bond acceptors (Lipinski definition) is 3. The number of likely N-dealkylation sites (tertiary alicyclic amines) is 1. The Morgan fingerprint density at radius 3 is 2.27 bits per heavy atom. The molecule has 1 aromatic carbocycles. The largest absolute Gasteiger partial charge is 0.418 e. The van der Waals surface area contributed by atoms with Crippen LogP contribution in [0.2, 0.25) is 0 Å². The van der Waals surface area contributed by atoms with E-state index in [1.54, 1.807) is 0 Å². The van der Waals surface area contributed by atoms with Crippen LogP contribution in [0, 0.1) is 5.92 Å². The van der Waals surface area contributed by atoms with E-state index < -0.39 is 29.2 Å². The highest BCUT2D eigenvalue weighted by Gasteiger charge is 2.41. The highest BCUT2D eigenvalue weighted by atomic mass is 19.4. The molecule has 4 nitrogen and oxygen atoms in total. The first-order valence-corrected chi connectivity index (χ1v) is 9.53. The van der Waals surface area contributed by atoms with Crippen molar-refractivity contribution in [1.82, 2.24) is 10.2 Å². The Labute approximate surface area is 170 Å². The predicted octanol–water partition coefficient (Wildman–Crippen LogP) is 4.59. The lowest BCUT2D eigenvalue weighted by Gasteiger charge is -2.39. The Morgan fingerprint density at radius 1 is 1.10 bits per heavy atom. The van der Waals surface area contributed by atoms with Gasteiger partial charge in [0.2, 0.25) is 5.91 Å². The van der Waals surface area contributed by atoms with Gasteiger partial charge in [0.1, 0.15) is 0 Å². The second kappa shape index (κ2) is 7.55. The molecule has 2 aliphatic rings. The number of hydrogen-bond donors (Lipinski definition) is 1. The molecule has 1 saturated heterocycles. The van der Waals surface area contributed by atoms with Crippen LogP contribution in [0.5, 0.6) is 0 Å². The van der Waals surface area contributed by atoms with Gasteiger partial charge < -0.3 is 5.32 Å². The summed E-state index contributed by atoms with van der Waals surface area (Å²) in [4.78, 5) is 17.9. The van der Waals surface area contributed by atoms with Gasteiger partial charge in [0.15, 0.2) is 0 Å². The number of rotatable bonds is 4. The smallest absolute Gasteiger partial charge is 0.350 e. The molecule has 30 heavy (non-hydrogen) atoms. The Hall–Kier alpha value is -2.10. The molecule has 0 spiro atoms. The number of amides is 1. The third-order valence-electron chi connectivity index (χ3n) is 4.92. The van der Waals surface area contributed by atoms with Gasteiger partial charge >= 0.3 is 12.4 Å². The van der Waals surface area contributed by atoms with Gasteiger partial charge in [-0.15, -0.1) is 0 Å². The van der Waals surface area contributed by atoms with E-state index in [4.69, 9.17) is 0 Å². The van der Waals surface area contributed by atoms with E-state index in [0.717, 1.165) is 6.07 Å². The molecule has 2 aliphatic heterocycles. The van der Waals surface area contributed by atoms with Crippen molar-refractivity contribution in [3.05, 3.63) is 28.8 Å². The van der Waals surface area contributed by atoms with Crippen molar-refractivity contribution in [3.63, 3.8) is 0 Å². The maximum Gasteiger partial charge on any atom is 0.418 e. The zero-order valence-electron chi connectivity index (χ0n) is 16.8. The Bertz CT molecular complexity index is 861. The lowest BCUT2D eigenvalue weighted by Crippen LogP contribution is -2.53. The van der Waals surface area contributed by atoms with Crippen LogP contribution in [0.3, 0.4) is 0 Å². The minimum atomic E-state index is -4.92. The van der Waals surface area contributed by atoms with Crippen LogP contribution < -0.4 is 5.32 Å². The fraction of sp³-hybridized carbons (Fsp3) is 0.600. The first-order valence-electron chi connectivity index (χ1n) is 9.53. The fourth-order valence-electron chi connectivity index (χ4n) is 3.81. The molecule has 10 heteroatoms. The molecular weight excluding hydrogens is 412 g/mol. The summed E-state index contributed by atoms with van der Waals surface area (Å²) in [5, 5.41) is 2.85. The van der Waals surface area contributed by atoms with Crippen molar-refractivity contribution in [1.29, 1.82) is 0 Å². The summed E-state index contributed by atoms with van der Waals surface area (Å²) in [5.41, 5.74) is -3.02. The van der Waals surface area contributed by atoms with E-state index in [1.807, 2.05) is 25.7 Å². The van der Waals surface area contributed by atoms with Crippen LogP contribution in [0.25, 0.3) is 0 Å². The van der Waals surface area contributed by atoms with E-state index in [9.17, 15) is 31.1 Å². The summed E-state index contributed by atoms with van der Waals surface area (Å²) in [6, 6.07) is 0.884. The van der Waals surface area contributed by atoms with Gasteiger partial charge in [0.25, 0.3) is 0 Å². The van der Waals surface area contributed by atoms with Crippen LogP contribution >= 0.6 is 0 Å². The number of benzene rings is 1. The van der Waals surface area contributed by atoms with Crippen LogP contribution in [0.4, 0.5) is 32.0 Å². The second-order valence-corrected chi connectivity index (χ2v) is 8.94. The highest BCUT2D eigenvalue weighted by molar-refractivity contribution is 5.95. The molecule has 0 atom stereocenters. The van der Waals surface area contributed by atoms with Crippen molar-refractivity contribution in [2.45, 2.75) is 51.5 Å². The average molecular weight is 435 g/mol. The molecular formula is C20H23F6N3O. The first-order chi connectivity index (χ1) is 13.6. The summed E-state index contributed by atoms with van der Waals surface area (Å²) in [6.45, 7) is 7.03. The SMILES string of the molecule is CC(C)(C)NC(=O)CN1CC(CC2=Nc3c(cc(C(F)(F)F)cc3C(F)(F)F)C2)C1. The number of carbonyl (C=O) groups excluding carboxylic acids is 1. The lowest BCUT2D eigenvalue weighted by atomic mass is 9.92. The number of carbonyl (C=O) groups is 1. The standard InChI is InChI=1S/C20H23F6N3O/c1-18(2,3)28-16(30)10-29-8-11(9-29)4-14-6-12-5-13(19(21,22)23)7-15(17(12)27-14)20(24,25)26/h5,7,11H,4,6,8-10H2,1-3H3,(H,28,30). The molecule has 1 N–H and O–H groups in total. The van der Waals surface area contributed by atoms with Gasteiger partial charge in [-0.2, -0.15) is 26.3 Å². The third kappa shape index (κ3) is 5.33. The van der Waals surface area contributed by atoms with Gasteiger partial charge in [0, 0.05) is 30.8 Å². The van der Waals surface area contributed by atoms with Crippen LogP contribution in [-0.4, -0.2) is 41.7 Å². The van der Waals surface area contributed by atoms with Crippen molar-refractivity contribution in [3.8, 4) is 0 Å². The summed E-state index contributed by atoms with van der Waals surface area (Å²) in [5.74, 6) is -0.00187. The zero-order valence-corrected chi connectivity index (χ0v) is 16.8. The van der Waals surface area contributed by atoms with Crippen molar-refractivity contribution >= 4 is 17.3 Å². The van der Waals surface area contributed by atoms with Gasteiger partial charge in [-0.25, -0.2) is 0 Å².